The summed E-state index contributed by atoms with van der Waals surface area (Å²) in [5, 5.41) is 10.7. The van der Waals surface area contributed by atoms with Gasteiger partial charge in [0.2, 0.25) is 0 Å². The first-order chi connectivity index (χ1) is 8.02. The third-order valence-electron chi connectivity index (χ3n) is 2.35. The Kier molecular flexibility index (Phi) is 5.58. The molecule has 5 heteroatoms. The molecule has 0 radical (unpaired) electrons. The van der Waals surface area contributed by atoms with Gasteiger partial charge in [0.15, 0.2) is 0 Å². The SMILES string of the molecule is CC(C)CCOCc1cccc([N+](=O)[O-])c1Br. The highest BCUT2D eigenvalue weighted by molar-refractivity contribution is 9.10. The topological polar surface area (TPSA) is 52.4 Å². The standard InChI is InChI=1S/C12H16BrNO3/c1-9(2)6-7-17-8-10-4-3-5-11(12(10)13)14(15)16/h3-5,9H,6-8H2,1-2H3. The van der Waals surface area contributed by atoms with Crippen LogP contribution in [0.2, 0.25) is 0 Å². The fourth-order valence-corrected chi connectivity index (χ4v) is 1.84. The molecule has 0 aromatic heterocycles. The monoisotopic (exact) mass is 301 g/mol. The molecule has 0 N–H and O–H groups in total. The van der Waals surface area contributed by atoms with Crippen LogP contribution in [-0.2, 0) is 11.3 Å². The molecule has 1 rings (SSSR count). The van der Waals surface area contributed by atoms with Crippen LogP contribution in [0.15, 0.2) is 22.7 Å². The molecule has 0 atom stereocenters. The average molecular weight is 302 g/mol. The first-order valence-corrected chi connectivity index (χ1v) is 6.31. The third kappa shape index (κ3) is 4.44. The number of halogens is 1. The zero-order valence-electron chi connectivity index (χ0n) is 9.98. The highest BCUT2D eigenvalue weighted by atomic mass is 79.9. The van der Waals surface area contributed by atoms with Crippen molar-refractivity contribution in [2.75, 3.05) is 6.61 Å². The molecule has 17 heavy (non-hydrogen) atoms. The second-order valence-electron chi connectivity index (χ2n) is 4.24. The summed E-state index contributed by atoms with van der Waals surface area (Å²) in [5.41, 5.74) is 0.887. The second kappa shape index (κ2) is 6.71. The van der Waals surface area contributed by atoms with Gasteiger partial charge in [0.25, 0.3) is 5.69 Å². The minimum atomic E-state index is -0.401. The predicted octanol–water partition coefficient (Wildman–Crippen LogP) is 3.92. The van der Waals surface area contributed by atoms with E-state index in [0.717, 1.165) is 12.0 Å². The number of hydrogen-bond donors (Lipinski definition) is 0. The van der Waals surface area contributed by atoms with E-state index in [4.69, 9.17) is 4.74 Å². The first kappa shape index (κ1) is 14.1. The summed E-state index contributed by atoms with van der Waals surface area (Å²) < 4.78 is 6.00. The van der Waals surface area contributed by atoms with E-state index < -0.39 is 4.92 Å². The second-order valence-corrected chi connectivity index (χ2v) is 5.04. The molecule has 0 aliphatic rings. The van der Waals surface area contributed by atoms with Gasteiger partial charge < -0.3 is 4.74 Å². The van der Waals surface area contributed by atoms with Crippen molar-refractivity contribution in [2.45, 2.75) is 26.9 Å². The number of ether oxygens (including phenoxy) is 1. The minimum Gasteiger partial charge on any atom is -0.377 e. The van der Waals surface area contributed by atoms with E-state index in [1.165, 1.54) is 6.07 Å². The lowest BCUT2D eigenvalue weighted by molar-refractivity contribution is -0.385. The smallest absolute Gasteiger partial charge is 0.283 e. The Morgan fingerprint density at radius 2 is 2.18 bits per heavy atom. The lowest BCUT2D eigenvalue weighted by Gasteiger charge is -2.08. The molecule has 0 amide bonds. The molecule has 0 saturated heterocycles. The largest absolute Gasteiger partial charge is 0.377 e. The highest BCUT2D eigenvalue weighted by Crippen LogP contribution is 2.28. The Bertz CT molecular complexity index is 393. The maximum absolute atomic E-state index is 10.7. The van der Waals surface area contributed by atoms with Crippen LogP contribution in [0, 0.1) is 16.0 Å². The van der Waals surface area contributed by atoms with Gasteiger partial charge in [-0.2, -0.15) is 0 Å². The number of hydrogen-bond acceptors (Lipinski definition) is 3. The number of benzene rings is 1. The van der Waals surface area contributed by atoms with Crippen LogP contribution < -0.4 is 0 Å². The molecular formula is C12H16BrNO3. The Morgan fingerprint density at radius 3 is 2.76 bits per heavy atom. The van der Waals surface area contributed by atoms with Crippen molar-refractivity contribution >= 4 is 21.6 Å². The third-order valence-corrected chi connectivity index (χ3v) is 3.27. The van der Waals surface area contributed by atoms with Crippen molar-refractivity contribution in [3.05, 3.63) is 38.3 Å². The molecule has 0 spiro atoms. The number of rotatable bonds is 6. The van der Waals surface area contributed by atoms with Crippen LogP contribution >= 0.6 is 15.9 Å². The fraction of sp³-hybridized carbons (Fsp3) is 0.500. The molecular weight excluding hydrogens is 286 g/mol. The van der Waals surface area contributed by atoms with Crippen molar-refractivity contribution in [1.29, 1.82) is 0 Å². The minimum absolute atomic E-state index is 0.0787. The summed E-state index contributed by atoms with van der Waals surface area (Å²) in [6, 6.07) is 4.97. The van der Waals surface area contributed by atoms with Gasteiger partial charge in [0.05, 0.1) is 11.5 Å². The van der Waals surface area contributed by atoms with Crippen molar-refractivity contribution in [3.8, 4) is 0 Å². The molecule has 0 heterocycles. The fourth-order valence-electron chi connectivity index (χ4n) is 1.32. The van der Waals surface area contributed by atoms with Crippen LogP contribution in [0.4, 0.5) is 5.69 Å². The van der Waals surface area contributed by atoms with Crippen molar-refractivity contribution in [1.82, 2.24) is 0 Å². The van der Waals surface area contributed by atoms with E-state index in [9.17, 15) is 10.1 Å². The van der Waals surface area contributed by atoms with Gasteiger partial charge in [-0.15, -0.1) is 0 Å². The first-order valence-electron chi connectivity index (χ1n) is 5.52. The summed E-state index contributed by atoms with van der Waals surface area (Å²) in [6.45, 7) is 5.33. The van der Waals surface area contributed by atoms with Crippen molar-refractivity contribution in [3.63, 3.8) is 0 Å². The molecule has 0 unspecified atom stereocenters. The quantitative estimate of drug-likeness (QED) is 0.454. The molecule has 0 bridgehead atoms. The van der Waals surface area contributed by atoms with Gasteiger partial charge in [0, 0.05) is 12.7 Å². The number of nitro groups is 1. The summed E-state index contributed by atoms with van der Waals surface area (Å²) in [5.74, 6) is 0.601. The normalized spacial score (nSPS) is 10.8. The average Bonchev–Trinajstić information content (AvgIpc) is 2.25. The zero-order valence-corrected chi connectivity index (χ0v) is 11.6. The van der Waals surface area contributed by atoms with Gasteiger partial charge in [-0.1, -0.05) is 26.0 Å². The summed E-state index contributed by atoms with van der Waals surface area (Å²) in [7, 11) is 0. The molecule has 1 aromatic rings. The summed E-state index contributed by atoms with van der Waals surface area (Å²) >= 11 is 3.24. The Labute approximate surface area is 109 Å². The molecule has 0 aliphatic carbocycles. The lowest BCUT2D eigenvalue weighted by atomic mass is 10.1. The predicted molar refractivity (Wildman–Crippen MR) is 69.9 cm³/mol. The number of nitrogens with zero attached hydrogens (tertiary/aromatic N) is 1. The Balaban J connectivity index is 2.59. The molecule has 0 aliphatic heterocycles. The van der Waals surface area contributed by atoms with Crippen LogP contribution in [-0.4, -0.2) is 11.5 Å². The molecule has 94 valence electrons. The van der Waals surface area contributed by atoms with Gasteiger partial charge >= 0.3 is 0 Å². The Morgan fingerprint density at radius 1 is 1.47 bits per heavy atom. The maximum atomic E-state index is 10.7. The van der Waals surface area contributed by atoms with Crippen LogP contribution in [0.5, 0.6) is 0 Å². The van der Waals surface area contributed by atoms with E-state index in [1.807, 2.05) is 6.07 Å². The maximum Gasteiger partial charge on any atom is 0.283 e. The molecule has 4 nitrogen and oxygen atoms in total. The van der Waals surface area contributed by atoms with Gasteiger partial charge in [-0.25, -0.2) is 0 Å². The van der Waals surface area contributed by atoms with Crippen LogP contribution in [0.25, 0.3) is 0 Å². The van der Waals surface area contributed by atoms with Gasteiger partial charge in [-0.05, 0) is 33.8 Å². The highest BCUT2D eigenvalue weighted by Gasteiger charge is 2.14. The number of nitro benzene ring substituents is 1. The van der Waals surface area contributed by atoms with E-state index >= 15 is 0 Å². The van der Waals surface area contributed by atoms with E-state index in [-0.39, 0.29) is 5.69 Å². The van der Waals surface area contributed by atoms with Gasteiger partial charge in [0.1, 0.15) is 4.47 Å². The Hall–Kier alpha value is -0.940. The van der Waals surface area contributed by atoms with Crippen molar-refractivity contribution in [2.24, 2.45) is 5.92 Å². The molecule has 0 saturated carbocycles. The van der Waals surface area contributed by atoms with Crippen LogP contribution in [0.1, 0.15) is 25.8 Å². The van der Waals surface area contributed by atoms with Crippen molar-refractivity contribution < 1.29 is 9.66 Å². The summed E-state index contributed by atoms with van der Waals surface area (Å²) in [4.78, 5) is 10.3. The summed E-state index contributed by atoms with van der Waals surface area (Å²) in [6.07, 6.45) is 0.993. The molecule has 1 aromatic carbocycles. The molecule has 0 fully saturated rings. The zero-order chi connectivity index (χ0) is 12.8. The van der Waals surface area contributed by atoms with Crippen LogP contribution in [0.3, 0.4) is 0 Å². The van der Waals surface area contributed by atoms with Gasteiger partial charge in [-0.3, -0.25) is 10.1 Å². The lowest BCUT2D eigenvalue weighted by Crippen LogP contribution is -2.01. The van der Waals surface area contributed by atoms with E-state index in [1.54, 1.807) is 6.07 Å². The van der Waals surface area contributed by atoms with E-state index in [0.29, 0.717) is 23.6 Å². The van der Waals surface area contributed by atoms with E-state index in [2.05, 4.69) is 29.8 Å².